The number of benzene rings is 6. The third-order valence-electron chi connectivity index (χ3n) is 9.13. The van der Waals surface area contributed by atoms with Gasteiger partial charge in [-0.15, -0.1) is 30.5 Å². The molecule has 0 aliphatic heterocycles. The van der Waals surface area contributed by atoms with Crippen molar-refractivity contribution >= 4 is 83.0 Å². The van der Waals surface area contributed by atoms with E-state index in [-0.39, 0.29) is 5.54 Å². The van der Waals surface area contributed by atoms with Gasteiger partial charge in [-0.3, -0.25) is 0 Å². The van der Waals surface area contributed by atoms with E-state index in [0.717, 1.165) is 33.9 Å². The minimum absolute atomic E-state index is 0.0556. The number of hydrogen-bond acceptors (Lipinski definition) is 3. The zero-order valence-corrected chi connectivity index (χ0v) is 28.6. The first kappa shape index (κ1) is 29.6. The third kappa shape index (κ3) is 4.86. The lowest BCUT2D eigenvalue weighted by atomic mass is 9.99. The van der Waals surface area contributed by atoms with E-state index in [1.54, 1.807) is 0 Å². The number of hydrogen-bond donors (Lipinski definition) is 1. The van der Waals surface area contributed by atoms with Crippen LogP contribution in [-0.2, 0) is 12.0 Å². The minimum Gasteiger partial charge on any atom is -0.335 e. The number of para-hydroxylation sites is 2. The van der Waals surface area contributed by atoms with Crippen LogP contribution in [0.25, 0.3) is 53.1 Å². The first-order valence-corrected chi connectivity index (χ1v) is 17.4. The van der Waals surface area contributed by atoms with Crippen LogP contribution in [0.3, 0.4) is 0 Å². The quantitative estimate of drug-likeness (QED) is 0.140. The maximum atomic E-state index is 5.18. The van der Waals surface area contributed by atoms with E-state index in [4.69, 9.17) is 12.6 Å². The highest BCUT2D eigenvalue weighted by Gasteiger charge is 2.24. The normalized spacial score (nSPS) is 12.0. The van der Waals surface area contributed by atoms with Crippen molar-refractivity contribution in [3.05, 3.63) is 146 Å². The average Bonchev–Trinajstić information content (AvgIpc) is 3.63. The van der Waals surface area contributed by atoms with Gasteiger partial charge in [0.25, 0.3) is 0 Å². The number of rotatable bonds is 6. The van der Waals surface area contributed by atoms with Gasteiger partial charge < -0.3 is 9.47 Å². The molecule has 2 heterocycles. The highest BCUT2D eigenvalue weighted by atomic mass is 32.1. The van der Waals surface area contributed by atoms with Crippen molar-refractivity contribution in [2.45, 2.75) is 37.6 Å². The summed E-state index contributed by atoms with van der Waals surface area (Å²) in [5.41, 5.74) is 9.27. The van der Waals surface area contributed by atoms with E-state index in [1.165, 1.54) is 53.1 Å². The van der Waals surface area contributed by atoms with Gasteiger partial charge in [-0.2, -0.15) is 0 Å². The molecular weight excluding hydrogens is 609 g/mol. The Hall–Kier alpha value is -4.77. The molecule has 6 aromatic carbocycles. The molecule has 0 bridgehead atoms. The SMILES string of the molecule is C=CCc1cccc(N(c2ccccc2-c2ccc3c(c2)c2ccccc2n3C(C)(C)C)c2cccc3c2sc2ccccc23)c1S. The van der Waals surface area contributed by atoms with Gasteiger partial charge in [0.15, 0.2) is 0 Å². The van der Waals surface area contributed by atoms with Crippen molar-refractivity contribution in [3.63, 3.8) is 0 Å². The van der Waals surface area contributed by atoms with Gasteiger partial charge in [0.1, 0.15) is 0 Å². The molecule has 0 N–H and O–H groups in total. The van der Waals surface area contributed by atoms with Crippen LogP contribution < -0.4 is 4.90 Å². The second-order valence-corrected chi connectivity index (χ2v) is 14.6. The standard InChI is InChI=1S/C43H36N2S2/c1-5-14-28-15-12-22-38(41(28)46)44(39-23-13-19-33-32-18-8-11-24-40(32)47-42(33)39)35-20-9-6-16-30(35)29-25-26-37-34(27-29)31-17-7-10-21-36(31)45(37)43(2,3)4/h5-13,15-27,46H,1,14H2,2-4H3. The zero-order chi connectivity index (χ0) is 32.3. The fourth-order valence-electron chi connectivity index (χ4n) is 7.15. The van der Waals surface area contributed by atoms with Gasteiger partial charge in [0.2, 0.25) is 0 Å². The Kier molecular flexibility index (Phi) is 7.24. The summed E-state index contributed by atoms with van der Waals surface area (Å²) in [5, 5.41) is 5.10. The maximum absolute atomic E-state index is 5.18. The maximum Gasteiger partial charge on any atom is 0.0641 e. The summed E-state index contributed by atoms with van der Waals surface area (Å²) in [4.78, 5) is 3.38. The summed E-state index contributed by atoms with van der Waals surface area (Å²) in [5.74, 6) is 0. The van der Waals surface area contributed by atoms with E-state index < -0.39 is 0 Å². The second-order valence-electron chi connectivity index (χ2n) is 13.1. The summed E-state index contributed by atoms with van der Waals surface area (Å²) >= 11 is 7.03. The third-order valence-corrected chi connectivity index (χ3v) is 10.9. The largest absolute Gasteiger partial charge is 0.335 e. The molecule has 0 aliphatic carbocycles. The van der Waals surface area contributed by atoms with Crippen molar-refractivity contribution < 1.29 is 0 Å². The molecule has 0 aliphatic rings. The van der Waals surface area contributed by atoms with Crippen LogP contribution in [0.4, 0.5) is 17.1 Å². The van der Waals surface area contributed by atoms with E-state index in [0.29, 0.717) is 0 Å². The lowest BCUT2D eigenvalue weighted by Crippen LogP contribution is -2.21. The fourth-order valence-corrected chi connectivity index (χ4v) is 8.70. The molecule has 0 unspecified atom stereocenters. The first-order chi connectivity index (χ1) is 22.8. The molecule has 8 rings (SSSR count). The minimum atomic E-state index is -0.0556. The van der Waals surface area contributed by atoms with Crippen LogP contribution in [0, 0.1) is 0 Å². The summed E-state index contributed by atoms with van der Waals surface area (Å²) in [6.07, 6.45) is 2.71. The van der Waals surface area contributed by atoms with Crippen molar-refractivity contribution in [1.82, 2.24) is 4.57 Å². The van der Waals surface area contributed by atoms with Crippen molar-refractivity contribution in [2.75, 3.05) is 4.90 Å². The van der Waals surface area contributed by atoms with Gasteiger partial charge in [-0.25, -0.2) is 0 Å². The number of aromatic nitrogens is 1. The number of thiol groups is 1. The molecule has 8 aromatic rings. The number of thiophene rings is 1. The lowest BCUT2D eigenvalue weighted by Gasteiger charge is -2.30. The molecule has 0 atom stereocenters. The number of anilines is 3. The molecule has 0 saturated heterocycles. The summed E-state index contributed by atoms with van der Waals surface area (Å²) < 4.78 is 5.02. The highest BCUT2D eigenvalue weighted by Crippen LogP contribution is 2.49. The average molecular weight is 645 g/mol. The molecule has 2 nitrogen and oxygen atoms in total. The molecule has 0 amide bonds. The molecule has 230 valence electrons. The van der Waals surface area contributed by atoms with E-state index in [9.17, 15) is 0 Å². The van der Waals surface area contributed by atoms with E-state index >= 15 is 0 Å². The summed E-state index contributed by atoms with van der Waals surface area (Å²) in [6, 6.07) is 46.4. The first-order valence-electron chi connectivity index (χ1n) is 16.1. The molecule has 0 radical (unpaired) electrons. The Bertz CT molecular complexity index is 2470. The highest BCUT2D eigenvalue weighted by molar-refractivity contribution is 7.80. The van der Waals surface area contributed by atoms with Crippen molar-refractivity contribution in [2.24, 2.45) is 0 Å². The van der Waals surface area contributed by atoms with Crippen LogP contribution in [0.5, 0.6) is 0 Å². The number of allylic oxidation sites excluding steroid dienone is 1. The van der Waals surface area contributed by atoms with Gasteiger partial charge >= 0.3 is 0 Å². The topological polar surface area (TPSA) is 8.17 Å². The smallest absolute Gasteiger partial charge is 0.0641 e. The summed E-state index contributed by atoms with van der Waals surface area (Å²) in [7, 11) is 0. The van der Waals surface area contributed by atoms with E-state index in [2.05, 4.69) is 164 Å². The monoisotopic (exact) mass is 644 g/mol. The Morgan fingerprint density at radius 1 is 0.681 bits per heavy atom. The van der Waals surface area contributed by atoms with Crippen LogP contribution in [-0.4, -0.2) is 4.57 Å². The summed E-state index contributed by atoms with van der Waals surface area (Å²) in [6.45, 7) is 10.9. The molecule has 0 fully saturated rings. The predicted molar refractivity (Wildman–Crippen MR) is 209 cm³/mol. The molecule has 0 saturated carbocycles. The second kappa shape index (κ2) is 11.5. The van der Waals surface area contributed by atoms with Crippen LogP contribution in [0.15, 0.2) is 145 Å². The van der Waals surface area contributed by atoms with Gasteiger partial charge in [-0.05, 0) is 80.8 Å². The van der Waals surface area contributed by atoms with Crippen molar-refractivity contribution in [3.8, 4) is 11.1 Å². The molecule has 2 aromatic heterocycles. The van der Waals surface area contributed by atoms with Crippen LogP contribution in [0.1, 0.15) is 26.3 Å². The molecule has 4 heteroatoms. The molecule has 47 heavy (non-hydrogen) atoms. The number of nitrogens with zero attached hydrogens (tertiary/aromatic N) is 2. The Labute approximate surface area is 285 Å². The van der Waals surface area contributed by atoms with Crippen LogP contribution >= 0.6 is 24.0 Å². The number of fused-ring (bicyclic) bond motifs is 6. The fraction of sp³-hybridized carbons (Fsp3) is 0.116. The van der Waals surface area contributed by atoms with Crippen LogP contribution in [0.2, 0.25) is 0 Å². The molecule has 0 spiro atoms. The van der Waals surface area contributed by atoms with E-state index in [1.807, 2.05) is 17.4 Å². The van der Waals surface area contributed by atoms with Gasteiger partial charge in [0, 0.05) is 53.3 Å². The van der Waals surface area contributed by atoms with Crippen molar-refractivity contribution in [1.29, 1.82) is 0 Å². The zero-order valence-electron chi connectivity index (χ0n) is 26.9. The Morgan fingerprint density at radius 3 is 2.17 bits per heavy atom. The van der Waals surface area contributed by atoms with Gasteiger partial charge in [0.05, 0.1) is 21.8 Å². The Balaban J connectivity index is 1.41. The Morgan fingerprint density at radius 2 is 1.34 bits per heavy atom. The lowest BCUT2D eigenvalue weighted by molar-refractivity contribution is 0.423. The predicted octanol–water partition coefficient (Wildman–Crippen LogP) is 13.1. The van der Waals surface area contributed by atoms with Gasteiger partial charge in [-0.1, -0.05) is 91.0 Å². The molecular formula is C43H36N2S2.